The van der Waals surface area contributed by atoms with Gasteiger partial charge in [-0.2, -0.15) is 0 Å². The molecule has 0 aromatic heterocycles. The number of amides is 3. The Morgan fingerprint density at radius 3 is 2.12 bits per heavy atom. The zero-order valence-electron chi connectivity index (χ0n) is 31.3. The summed E-state index contributed by atoms with van der Waals surface area (Å²) in [6.07, 6.45) is -25.4. The summed E-state index contributed by atoms with van der Waals surface area (Å²) in [4.78, 5) is 49.9. The number of nitrogens with two attached hydrogens (primary N) is 1. The average Bonchev–Trinajstić information content (AvgIpc) is 3.17. The molecule has 4 rings (SSSR count). The highest BCUT2D eigenvalue weighted by atomic mass is 35.5. The van der Waals surface area contributed by atoms with Gasteiger partial charge in [-0.15, -0.1) is 0 Å². The highest BCUT2D eigenvalue weighted by molar-refractivity contribution is 6.33. The van der Waals surface area contributed by atoms with Crippen molar-refractivity contribution >= 4 is 35.3 Å². The van der Waals surface area contributed by atoms with Crippen LogP contribution in [-0.4, -0.2) is 200 Å². The molecule has 58 heavy (non-hydrogen) atoms. The van der Waals surface area contributed by atoms with Crippen molar-refractivity contribution in [2.45, 2.75) is 118 Å². The van der Waals surface area contributed by atoms with E-state index in [0.717, 1.165) is 13.8 Å². The number of carbonyl (C=O) groups excluding carboxylic acids is 3. The molecule has 1 aromatic rings. The lowest BCUT2D eigenvalue weighted by atomic mass is 9.88. The van der Waals surface area contributed by atoms with E-state index in [1.807, 2.05) is 0 Å². The molecule has 3 heterocycles. The van der Waals surface area contributed by atoms with E-state index >= 15 is 0 Å². The fourth-order valence-corrected chi connectivity index (χ4v) is 7.05. The van der Waals surface area contributed by atoms with Crippen molar-refractivity contribution in [3.63, 3.8) is 0 Å². The number of aliphatic hydroxyl groups excluding tert-OH is 8. The van der Waals surface area contributed by atoms with Crippen LogP contribution in [0.3, 0.4) is 0 Å². The molecule has 0 unspecified atom stereocenters. The van der Waals surface area contributed by atoms with Crippen LogP contribution in [0.4, 0.5) is 0 Å². The third-order valence-corrected chi connectivity index (χ3v) is 9.98. The van der Waals surface area contributed by atoms with Crippen LogP contribution in [0.2, 0.25) is 5.02 Å². The summed E-state index contributed by atoms with van der Waals surface area (Å²) in [5, 5.41) is 105. The Hall–Kier alpha value is -3.21. The third-order valence-electron chi connectivity index (χ3n) is 9.65. The Labute approximate surface area is 335 Å². The van der Waals surface area contributed by atoms with Crippen LogP contribution >= 0.6 is 11.6 Å². The number of aliphatic hydroxyl groups is 8. The maximum Gasteiger partial charge on any atom is 0.364 e. The van der Waals surface area contributed by atoms with E-state index in [9.17, 15) is 65.1 Å². The first-order valence-electron chi connectivity index (χ1n) is 18.1. The van der Waals surface area contributed by atoms with Crippen LogP contribution in [0.1, 0.15) is 30.6 Å². The molecule has 328 valence electrons. The molecule has 24 heteroatoms. The minimum atomic E-state index is -3.10. The van der Waals surface area contributed by atoms with Gasteiger partial charge >= 0.3 is 5.97 Å². The quantitative estimate of drug-likeness (QED) is 0.0693. The van der Waals surface area contributed by atoms with Gasteiger partial charge in [0.05, 0.1) is 48.7 Å². The lowest BCUT2D eigenvalue weighted by molar-refractivity contribution is -0.382. The van der Waals surface area contributed by atoms with Crippen LogP contribution in [0.5, 0.6) is 0 Å². The predicted molar refractivity (Wildman–Crippen MR) is 191 cm³/mol. The maximum atomic E-state index is 13.0. The normalized spacial score (nSPS) is 36.3. The van der Waals surface area contributed by atoms with E-state index < -0.39 is 147 Å². The Balaban J connectivity index is 1.61. The number of halogens is 1. The van der Waals surface area contributed by atoms with E-state index in [2.05, 4.69) is 16.0 Å². The molecule has 3 aliphatic rings. The van der Waals surface area contributed by atoms with E-state index in [4.69, 9.17) is 45.8 Å². The Bertz CT molecular complexity index is 1570. The van der Waals surface area contributed by atoms with Crippen molar-refractivity contribution in [1.82, 2.24) is 16.0 Å². The molecule has 3 fully saturated rings. The lowest BCUT2D eigenvalue weighted by Crippen LogP contribution is -2.71. The fourth-order valence-electron chi connectivity index (χ4n) is 6.83. The molecule has 0 bridgehead atoms. The van der Waals surface area contributed by atoms with Gasteiger partial charge in [-0.25, -0.2) is 4.79 Å². The number of hydrogen-bond acceptors (Lipinski definition) is 19. The Morgan fingerprint density at radius 2 is 1.53 bits per heavy atom. The molecule has 3 aliphatic heterocycles. The van der Waals surface area contributed by atoms with Crippen LogP contribution in [0.25, 0.3) is 0 Å². The fraction of sp³-hybridized carbons (Fsp3) is 0.706. The zero-order chi connectivity index (χ0) is 43.1. The van der Waals surface area contributed by atoms with Crippen molar-refractivity contribution in [2.24, 2.45) is 5.73 Å². The Morgan fingerprint density at radius 1 is 0.914 bits per heavy atom. The summed E-state index contributed by atoms with van der Waals surface area (Å²) in [5.41, 5.74) is 5.52. The molecular weight excluding hydrogens is 804 g/mol. The summed E-state index contributed by atoms with van der Waals surface area (Å²) in [6, 6.07) is 2.97. The van der Waals surface area contributed by atoms with E-state index in [-0.39, 0.29) is 23.7 Å². The van der Waals surface area contributed by atoms with Gasteiger partial charge in [0.15, 0.2) is 12.6 Å². The summed E-state index contributed by atoms with van der Waals surface area (Å²) in [6.45, 7) is -0.387. The SMILES string of the molecule is CC(=O)N[C@H]1[C@H](OCCN)O[C@H](CO)[C@@H](O[C@@H]2O[C@H](CO)[C@H](O)[C@H](O[C@]3(C(=O)O)C[C@H](O)[C@@H](NC(C)=O)[C@H]([C@H](O)[C@H](O)CNC(=O)c4ccccc4Cl)O3)[C@H]2O)[C@@H]1O. The van der Waals surface area contributed by atoms with Gasteiger partial charge < -0.3 is 96.1 Å². The first kappa shape index (κ1) is 47.5. The predicted octanol–water partition coefficient (Wildman–Crippen LogP) is -6.01. The molecule has 3 saturated heterocycles. The van der Waals surface area contributed by atoms with Crippen LogP contribution in [0.15, 0.2) is 24.3 Å². The standard InChI is InChI=1S/C34H51ClN4O19/c1-13(42)38-21-17(44)9-34(33(51)52,57-28(21)23(46)18(45)10-37-30(50)15-5-3-4-6-16(15)35)58-29-24(47)19(11-40)54-32(26(29)49)56-27-20(12-41)55-31(53-8-7-36)22(25(27)48)39-14(2)43/h3-6,17-29,31-32,40-41,44-49H,7-12,36H2,1-2H3,(H,37,50)(H,38,42)(H,39,43)(H,51,52)/t17-,18+,19+,20+,21+,22+,23+,24-,25+,26+,27+,28+,29-,31+,32-,34-/m0/s1. The molecule has 0 radical (unpaired) electrons. The number of hydrogen-bond donors (Lipinski definition) is 13. The molecular formula is C34H51ClN4O19. The summed E-state index contributed by atoms with van der Waals surface area (Å²) >= 11 is 6.06. The van der Waals surface area contributed by atoms with Crippen molar-refractivity contribution in [3.05, 3.63) is 34.9 Å². The first-order chi connectivity index (χ1) is 27.4. The van der Waals surface area contributed by atoms with Gasteiger partial charge in [0.2, 0.25) is 11.8 Å². The molecule has 0 saturated carbocycles. The lowest BCUT2D eigenvalue weighted by Gasteiger charge is -2.51. The van der Waals surface area contributed by atoms with Gasteiger partial charge in [0, 0.05) is 33.4 Å². The summed E-state index contributed by atoms with van der Waals surface area (Å²) < 4.78 is 34.1. The van der Waals surface area contributed by atoms with Crippen LogP contribution in [-0.2, 0) is 42.8 Å². The van der Waals surface area contributed by atoms with Gasteiger partial charge in [-0.1, -0.05) is 23.7 Å². The van der Waals surface area contributed by atoms with Gasteiger partial charge in [-0.05, 0) is 12.1 Å². The minimum Gasteiger partial charge on any atom is -0.477 e. The van der Waals surface area contributed by atoms with Crippen LogP contribution in [0, 0.1) is 0 Å². The van der Waals surface area contributed by atoms with E-state index in [0.29, 0.717) is 0 Å². The number of ether oxygens (including phenoxy) is 6. The second-order valence-corrected chi connectivity index (χ2v) is 14.3. The number of carboxylic acid groups (broad SMARTS) is 1. The first-order valence-corrected chi connectivity index (χ1v) is 18.5. The smallest absolute Gasteiger partial charge is 0.364 e. The molecule has 16 atom stereocenters. The number of benzene rings is 1. The molecule has 0 aliphatic carbocycles. The highest BCUT2D eigenvalue weighted by Gasteiger charge is 2.60. The number of rotatable bonds is 17. The second-order valence-electron chi connectivity index (χ2n) is 13.9. The molecule has 3 amide bonds. The summed E-state index contributed by atoms with van der Waals surface area (Å²) in [5.74, 6) is -7.25. The summed E-state index contributed by atoms with van der Waals surface area (Å²) in [7, 11) is 0. The topological polar surface area (TPSA) is 368 Å². The molecule has 1 aromatic carbocycles. The largest absolute Gasteiger partial charge is 0.477 e. The average molecular weight is 855 g/mol. The van der Waals surface area contributed by atoms with Crippen molar-refractivity contribution in [1.29, 1.82) is 0 Å². The number of carboxylic acids is 1. The molecule has 23 nitrogen and oxygen atoms in total. The zero-order valence-corrected chi connectivity index (χ0v) is 32.0. The van der Waals surface area contributed by atoms with Crippen molar-refractivity contribution in [3.8, 4) is 0 Å². The van der Waals surface area contributed by atoms with Gasteiger partial charge in [-0.3, -0.25) is 14.4 Å². The number of nitrogens with one attached hydrogen (secondary N) is 3. The molecule has 14 N–H and O–H groups in total. The number of carbonyl (C=O) groups is 4. The Kier molecular flexibility index (Phi) is 17.1. The minimum absolute atomic E-state index is 0.0207. The van der Waals surface area contributed by atoms with E-state index in [1.165, 1.54) is 18.2 Å². The second kappa shape index (κ2) is 20.9. The monoisotopic (exact) mass is 854 g/mol. The number of aliphatic carboxylic acids is 1. The third kappa shape index (κ3) is 10.9. The van der Waals surface area contributed by atoms with Crippen LogP contribution < -0.4 is 21.7 Å². The maximum absolute atomic E-state index is 13.0. The van der Waals surface area contributed by atoms with Gasteiger partial charge in [0.25, 0.3) is 11.7 Å². The molecule has 0 spiro atoms. The van der Waals surface area contributed by atoms with E-state index in [1.54, 1.807) is 6.07 Å². The highest BCUT2D eigenvalue weighted by Crippen LogP contribution is 2.38. The van der Waals surface area contributed by atoms with Crippen molar-refractivity contribution in [2.75, 3.05) is 32.9 Å². The van der Waals surface area contributed by atoms with Gasteiger partial charge in [0.1, 0.15) is 61.0 Å². The van der Waals surface area contributed by atoms with Crippen molar-refractivity contribution < 1.29 is 93.6 Å².